The second-order valence-corrected chi connectivity index (χ2v) is 11.4. The number of ether oxygens (including phenoxy) is 2. The minimum Gasteiger partial charge on any atom is -0.432 e. The predicted molar refractivity (Wildman–Crippen MR) is 82.9 cm³/mol. The van der Waals surface area contributed by atoms with Crippen LogP contribution in [0.1, 0.15) is 32.1 Å². The molecule has 2 rings (SSSR count). The van der Waals surface area contributed by atoms with Crippen molar-refractivity contribution in [2.75, 3.05) is 13.2 Å². The zero-order chi connectivity index (χ0) is 14.8. The van der Waals surface area contributed by atoms with Gasteiger partial charge in [-0.3, -0.25) is 0 Å². The third kappa shape index (κ3) is 3.70. The van der Waals surface area contributed by atoms with Gasteiger partial charge in [0.05, 0.1) is 13.2 Å². The van der Waals surface area contributed by atoms with Crippen LogP contribution in [0.2, 0.25) is 18.1 Å². The highest BCUT2D eigenvalue weighted by Crippen LogP contribution is 2.42. The van der Waals surface area contributed by atoms with E-state index >= 15 is 0 Å². The number of benzene rings is 1. The van der Waals surface area contributed by atoms with Crippen molar-refractivity contribution in [3.63, 3.8) is 0 Å². The Kier molecular flexibility index (Phi) is 4.69. The summed E-state index contributed by atoms with van der Waals surface area (Å²) in [6.45, 7) is 9.72. The maximum absolute atomic E-state index is 10.4. The fourth-order valence-corrected chi connectivity index (χ4v) is 3.22. The normalized spacial score (nSPS) is 24.6. The van der Waals surface area contributed by atoms with Crippen molar-refractivity contribution in [2.45, 2.75) is 44.7 Å². The van der Waals surface area contributed by atoms with E-state index in [0.29, 0.717) is 19.1 Å². The molecule has 0 aromatic heterocycles. The van der Waals surface area contributed by atoms with Gasteiger partial charge < -0.3 is 14.3 Å². The molecule has 4 heteroatoms. The highest BCUT2D eigenvalue weighted by molar-refractivity contribution is 6.72. The number of hydrogen-bond acceptors (Lipinski definition) is 3. The average Bonchev–Trinajstić information content (AvgIpc) is 2.39. The lowest BCUT2D eigenvalue weighted by atomic mass is 9.97. The SMILES string of the molecule is CC(C)(CC1COC(c2ccccc2)OC1)[Si](C)(C)O. The molecule has 1 aromatic carbocycles. The van der Waals surface area contributed by atoms with E-state index in [9.17, 15) is 4.80 Å². The van der Waals surface area contributed by atoms with Crippen LogP contribution >= 0.6 is 0 Å². The third-order valence-electron chi connectivity index (χ3n) is 4.49. The molecule has 1 saturated heterocycles. The Morgan fingerprint density at radius 3 is 2.20 bits per heavy atom. The lowest BCUT2D eigenvalue weighted by Crippen LogP contribution is -2.42. The van der Waals surface area contributed by atoms with Crippen LogP contribution in [0.3, 0.4) is 0 Å². The highest BCUT2D eigenvalue weighted by Gasteiger charge is 2.40. The molecule has 0 amide bonds. The van der Waals surface area contributed by atoms with Crippen LogP contribution in [0.5, 0.6) is 0 Å². The van der Waals surface area contributed by atoms with Crippen molar-refractivity contribution in [1.82, 2.24) is 0 Å². The van der Waals surface area contributed by atoms with Gasteiger partial charge in [0.15, 0.2) is 14.6 Å². The van der Waals surface area contributed by atoms with Crippen LogP contribution in [0.25, 0.3) is 0 Å². The first-order valence-electron chi connectivity index (χ1n) is 7.30. The molecule has 1 aromatic rings. The van der Waals surface area contributed by atoms with Gasteiger partial charge in [-0.25, -0.2) is 0 Å². The Balaban J connectivity index is 1.89. The molecule has 1 aliphatic heterocycles. The Bertz CT molecular complexity index is 417. The molecule has 1 N–H and O–H groups in total. The van der Waals surface area contributed by atoms with Gasteiger partial charge in [-0.1, -0.05) is 44.2 Å². The van der Waals surface area contributed by atoms with Crippen LogP contribution < -0.4 is 0 Å². The van der Waals surface area contributed by atoms with Crippen LogP contribution in [0, 0.1) is 5.92 Å². The van der Waals surface area contributed by atoms with Gasteiger partial charge in [0.2, 0.25) is 0 Å². The summed E-state index contributed by atoms with van der Waals surface area (Å²) >= 11 is 0. The van der Waals surface area contributed by atoms with Gasteiger partial charge in [-0.15, -0.1) is 0 Å². The Labute approximate surface area is 123 Å². The quantitative estimate of drug-likeness (QED) is 0.860. The van der Waals surface area contributed by atoms with Crippen molar-refractivity contribution < 1.29 is 14.3 Å². The van der Waals surface area contributed by atoms with Crippen LogP contribution in [0.4, 0.5) is 0 Å². The van der Waals surface area contributed by atoms with E-state index in [-0.39, 0.29) is 11.3 Å². The summed E-state index contributed by atoms with van der Waals surface area (Å²) in [4.78, 5) is 10.4. The second-order valence-electron chi connectivity index (χ2n) is 6.92. The van der Waals surface area contributed by atoms with E-state index in [0.717, 1.165) is 12.0 Å². The molecule has 0 spiro atoms. The Hall–Kier alpha value is -0.683. The number of rotatable bonds is 4. The molecule has 1 heterocycles. The van der Waals surface area contributed by atoms with Crippen molar-refractivity contribution >= 4 is 8.32 Å². The average molecular weight is 294 g/mol. The molecule has 0 unspecified atom stereocenters. The molecule has 0 radical (unpaired) electrons. The first-order valence-corrected chi connectivity index (χ1v) is 10.2. The van der Waals surface area contributed by atoms with Crippen LogP contribution in [0.15, 0.2) is 30.3 Å². The zero-order valence-corrected chi connectivity index (χ0v) is 13.9. The lowest BCUT2D eigenvalue weighted by molar-refractivity contribution is -0.207. The molecule has 0 bridgehead atoms. The first-order chi connectivity index (χ1) is 9.29. The second kappa shape index (κ2) is 5.98. The highest BCUT2D eigenvalue weighted by atomic mass is 28.4. The maximum atomic E-state index is 10.4. The molecule has 20 heavy (non-hydrogen) atoms. The fraction of sp³-hybridized carbons (Fsp3) is 0.625. The van der Waals surface area contributed by atoms with Crippen LogP contribution in [-0.2, 0) is 9.47 Å². The van der Waals surface area contributed by atoms with Gasteiger partial charge in [0, 0.05) is 11.5 Å². The summed E-state index contributed by atoms with van der Waals surface area (Å²) in [5.74, 6) is 0.365. The van der Waals surface area contributed by atoms with E-state index in [4.69, 9.17) is 9.47 Å². The summed E-state index contributed by atoms with van der Waals surface area (Å²) < 4.78 is 11.7. The largest absolute Gasteiger partial charge is 0.432 e. The minimum atomic E-state index is -2.16. The monoisotopic (exact) mass is 294 g/mol. The Morgan fingerprint density at radius 1 is 1.15 bits per heavy atom. The lowest BCUT2D eigenvalue weighted by Gasteiger charge is -2.39. The van der Waals surface area contributed by atoms with Crippen molar-refractivity contribution in [2.24, 2.45) is 5.92 Å². The van der Waals surface area contributed by atoms with Crippen molar-refractivity contribution in [1.29, 1.82) is 0 Å². The van der Waals surface area contributed by atoms with E-state index in [1.54, 1.807) is 0 Å². The minimum absolute atomic E-state index is 0.0238. The van der Waals surface area contributed by atoms with Gasteiger partial charge in [0.1, 0.15) is 0 Å². The van der Waals surface area contributed by atoms with E-state index in [1.165, 1.54) is 0 Å². The van der Waals surface area contributed by atoms with E-state index < -0.39 is 8.32 Å². The van der Waals surface area contributed by atoms with E-state index in [2.05, 4.69) is 13.8 Å². The first kappa shape index (κ1) is 15.7. The summed E-state index contributed by atoms with van der Waals surface area (Å²) in [7, 11) is -2.16. The van der Waals surface area contributed by atoms with E-state index in [1.807, 2.05) is 43.4 Å². The molecule has 1 fully saturated rings. The molecule has 3 nitrogen and oxygen atoms in total. The Morgan fingerprint density at radius 2 is 1.70 bits per heavy atom. The van der Waals surface area contributed by atoms with Gasteiger partial charge in [-0.05, 0) is 24.6 Å². The maximum Gasteiger partial charge on any atom is 0.188 e. The molecule has 112 valence electrons. The molecule has 0 atom stereocenters. The van der Waals surface area contributed by atoms with Crippen molar-refractivity contribution in [3.8, 4) is 0 Å². The van der Waals surface area contributed by atoms with Gasteiger partial charge in [0.25, 0.3) is 0 Å². The summed E-state index contributed by atoms with van der Waals surface area (Å²) in [5, 5.41) is -0.0238. The fourth-order valence-electron chi connectivity index (χ4n) is 2.44. The summed E-state index contributed by atoms with van der Waals surface area (Å²) in [5.41, 5.74) is 1.07. The topological polar surface area (TPSA) is 38.7 Å². The van der Waals surface area contributed by atoms with Gasteiger partial charge >= 0.3 is 0 Å². The van der Waals surface area contributed by atoms with Gasteiger partial charge in [-0.2, -0.15) is 0 Å². The predicted octanol–water partition coefficient (Wildman–Crippen LogP) is 3.72. The molecule has 1 aliphatic rings. The molecule has 0 aliphatic carbocycles. The molecular formula is C16H26O3Si. The third-order valence-corrected chi connectivity index (χ3v) is 8.01. The summed E-state index contributed by atoms with van der Waals surface area (Å²) in [6.07, 6.45) is 0.708. The zero-order valence-electron chi connectivity index (χ0n) is 12.9. The molecule has 0 saturated carbocycles. The molecular weight excluding hydrogens is 268 g/mol. The van der Waals surface area contributed by atoms with Crippen LogP contribution in [-0.4, -0.2) is 26.3 Å². The number of hydrogen-bond donors (Lipinski definition) is 1. The standard InChI is InChI=1S/C16H26O3Si/c1-16(2,20(3,4)17)10-13-11-18-15(19-12-13)14-8-6-5-7-9-14/h5-9,13,15,17H,10-12H2,1-4H3. The smallest absolute Gasteiger partial charge is 0.188 e. The van der Waals surface area contributed by atoms with Crippen molar-refractivity contribution in [3.05, 3.63) is 35.9 Å². The summed E-state index contributed by atoms with van der Waals surface area (Å²) in [6, 6.07) is 10.0.